The molecule has 128 valence electrons. The summed E-state index contributed by atoms with van der Waals surface area (Å²) >= 11 is 6.18. The van der Waals surface area contributed by atoms with Gasteiger partial charge in [0.05, 0.1) is 7.11 Å². The van der Waals surface area contributed by atoms with Crippen LogP contribution in [-0.4, -0.2) is 13.3 Å². The number of rotatable bonds is 5. The molecule has 0 spiro atoms. The van der Waals surface area contributed by atoms with Crippen molar-refractivity contribution in [1.29, 1.82) is 0 Å². The third-order valence-electron chi connectivity index (χ3n) is 3.80. The van der Waals surface area contributed by atoms with Crippen LogP contribution in [0.5, 0.6) is 11.5 Å². The number of ether oxygens (including phenoxy) is 3. The molecule has 0 aliphatic rings. The number of benzene rings is 2. The lowest BCUT2D eigenvalue weighted by Gasteiger charge is -2.16. The number of carbonyl (C=O) groups excluding carboxylic acids is 1. The van der Waals surface area contributed by atoms with Crippen molar-refractivity contribution in [2.75, 3.05) is 7.11 Å². The lowest BCUT2D eigenvalue weighted by molar-refractivity contribution is 0.120. The molecule has 0 fully saturated rings. The SMILES string of the molecule is CCc1cccc(OC(=O)OC)c1COc1cc(Cl)c(C)cc1C. The minimum absolute atomic E-state index is 0.274. The zero-order valence-electron chi connectivity index (χ0n) is 14.3. The van der Waals surface area contributed by atoms with Gasteiger partial charge in [-0.15, -0.1) is 0 Å². The smallest absolute Gasteiger partial charge is 0.488 e. The molecular formula is C19H21ClO4. The first kappa shape index (κ1) is 18.1. The van der Waals surface area contributed by atoms with Gasteiger partial charge in [0.25, 0.3) is 0 Å². The molecule has 0 radical (unpaired) electrons. The molecular weight excluding hydrogens is 328 g/mol. The summed E-state index contributed by atoms with van der Waals surface area (Å²) in [5.41, 5.74) is 3.88. The fourth-order valence-corrected chi connectivity index (χ4v) is 2.60. The van der Waals surface area contributed by atoms with Crippen LogP contribution in [0.15, 0.2) is 30.3 Å². The van der Waals surface area contributed by atoms with Crippen molar-refractivity contribution < 1.29 is 19.0 Å². The summed E-state index contributed by atoms with van der Waals surface area (Å²) in [4.78, 5) is 11.4. The Morgan fingerprint density at radius 3 is 2.54 bits per heavy atom. The fraction of sp³-hybridized carbons (Fsp3) is 0.316. The first-order valence-corrected chi connectivity index (χ1v) is 8.10. The van der Waals surface area contributed by atoms with Crippen molar-refractivity contribution in [3.05, 3.63) is 57.6 Å². The van der Waals surface area contributed by atoms with Crippen LogP contribution in [0.25, 0.3) is 0 Å². The highest BCUT2D eigenvalue weighted by atomic mass is 35.5. The summed E-state index contributed by atoms with van der Waals surface area (Å²) < 4.78 is 15.7. The van der Waals surface area contributed by atoms with E-state index in [1.165, 1.54) is 7.11 Å². The van der Waals surface area contributed by atoms with Crippen molar-refractivity contribution in [2.24, 2.45) is 0 Å². The molecule has 2 rings (SSSR count). The molecule has 2 aromatic carbocycles. The molecule has 5 heteroatoms. The van der Waals surface area contributed by atoms with E-state index in [4.69, 9.17) is 21.1 Å². The summed E-state index contributed by atoms with van der Waals surface area (Å²) in [6.07, 6.45) is 0.0455. The second kappa shape index (κ2) is 8.06. The predicted molar refractivity (Wildman–Crippen MR) is 94.1 cm³/mol. The molecule has 4 nitrogen and oxygen atoms in total. The molecule has 0 aliphatic heterocycles. The average molecular weight is 349 g/mol. The highest BCUT2D eigenvalue weighted by Gasteiger charge is 2.14. The van der Waals surface area contributed by atoms with Crippen LogP contribution in [0.4, 0.5) is 4.79 Å². The molecule has 0 unspecified atom stereocenters. The van der Waals surface area contributed by atoms with Crippen LogP contribution < -0.4 is 9.47 Å². The maximum Gasteiger partial charge on any atom is 0.513 e. The van der Waals surface area contributed by atoms with Gasteiger partial charge in [0.2, 0.25) is 0 Å². The van der Waals surface area contributed by atoms with Gasteiger partial charge < -0.3 is 14.2 Å². The predicted octanol–water partition coefficient (Wildman–Crippen LogP) is 5.24. The minimum atomic E-state index is -0.751. The molecule has 2 aromatic rings. The molecule has 0 saturated carbocycles. The summed E-state index contributed by atoms with van der Waals surface area (Å²) in [6.45, 7) is 6.23. The topological polar surface area (TPSA) is 44.8 Å². The van der Waals surface area contributed by atoms with E-state index in [0.717, 1.165) is 28.7 Å². The second-order valence-electron chi connectivity index (χ2n) is 5.46. The summed E-state index contributed by atoms with van der Waals surface area (Å²) in [6, 6.07) is 9.34. The van der Waals surface area contributed by atoms with Crippen molar-refractivity contribution in [3.8, 4) is 11.5 Å². The highest BCUT2D eigenvalue weighted by molar-refractivity contribution is 6.31. The highest BCUT2D eigenvalue weighted by Crippen LogP contribution is 2.29. The number of hydrogen-bond acceptors (Lipinski definition) is 4. The molecule has 0 aliphatic carbocycles. The van der Waals surface area contributed by atoms with E-state index in [-0.39, 0.29) is 6.61 Å². The Bertz CT molecular complexity index is 740. The molecule has 0 atom stereocenters. The Balaban J connectivity index is 2.28. The zero-order chi connectivity index (χ0) is 17.7. The van der Waals surface area contributed by atoms with Gasteiger partial charge in [0.1, 0.15) is 18.1 Å². The van der Waals surface area contributed by atoms with Gasteiger partial charge in [-0.2, -0.15) is 0 Å². The van der Waals surface area contributed by atoms with Crippen LogP contribution in [-0.2, 0) is 17.8 Å². The van der Waals surface area contributed by atoms with Gasteiger partial charge in [-0.25, -0.2) is 4.79 Å². The largest absolute Gasteiger partial charge is 0.513 e. The van der Waals surface area contributed by atoms with Crippen molar-refractivity contribution in [2.45, 2.75) is 33.8 Å². The van der Waals surface area contributed by atoms with Crippen LogP contribution >= 0.6 is 11.6 Å². The van der Waals surface area contributed by atoms with Gasteiger partial charge in [0.15, 0.2) is 0 Å². The van der Waals surface area contributed by atoms with Gasteiger partial charge in [-0.3, -0.25) is 0 Å². The van der Waals surface area contributed by atoms with Crippen molar-refractivity contribution >= 4 is 17.8 Å². The quantitative estimate of drug-likeness (QED) is 0.547. The Morgan fingerprint density at radius 1 is 1.12 bits per heavy atom. The van der Waals surface area contributed by atoms with Gasteiger partial charge in [-0.1, -0.05) is 36.7 Å². The Labute approximate surface area is 147 Å². The number of methoxy groups -OCH3 is 1. The Hall–Kier alpha value is -2.20. The molecule has 0 bridgehead atoms. The van der Waals surface area contributed by atoms with Crippen molar-refractivity contribution in [3.63, 3.8) is 0 Å². The van der Waals surface area contributed by atoms with E-state index < -0.39 is 6.16 Å². The van der Waals surface area contributed by atoms with E-state index in [1.54, 1.807) is 6.07 Å². The third-order valence-corrected chi connectivity index (χ3v) is 4.21. The van der Waals surface area contributed by atoms with E-state index in [9.17, 15) is 4.79 Å². The summed E-state index contributed by atoms with van der Waals surface area (Å²) in [7, 11) is 1.28. The van der Waals surface area contributed by atoms with E-state index in [0.29, 0.717) is 16.5 Å². The molecule has 0 N–H and O–H groups in total. The van der Waals surface area contributed by atoms with Gasteiger partial charge in [-0.05, 0) is 49.1 Å². The van der Waals surface area contributed by atoms with Crippen LogP contribution in [0, 0.1) is 13.8 Å². The van der Waals surface area contributed by atoms with E-state index >= 15 is 0 Å². The lowest BCUT2D eigenvalue weighted by Crippen LogP contribution is -2.11. The summed E-state index contributed by atoms with van der Waals surface area (Å²) in [5.74, 6) is 1.15. The van der Waals surface area contributed by atoms with Crippen LogP contribution in [0.3, 0.4) is 0 Å². The zero-order valence-corrected chi connectivity index (χ0v) is 15.1. The number of hydrogen-bond donors (Lipinski definition) is 0. The third kappa shape index (κ3) is 4.20. The lowest BCUT2D eigenvalue weighted by atomic mass is 10.0. The second-order valence-corrected chi connectivity index (χ2v) is 5.87. The maximum absolute atomic E-state index is 11.4. The van der Waals surface area contributed by atoms with Crippen LogP contribution in [0.2, 0.25) is 5.02 Å². The fourth-order valence-electron chi connectivity index (χ4n) is 2.45. The molecule has 0 aromatic heterocycles. The number of carbonyl (C=O) groups is 1. The molecule has 24 heavy (non-hydrogen) atoms. The first-order chi connectivity index (χ1) is 11.5. The number of aryl methyl sites for hydroxylation is 3. The van der Waals surface area contributed by atoms with Gasteiger partial charge >= 0.3 is 6.16 Å². The Kier molecular flexibility index (Phi) is 6.10. The standard InChI is InChI=1S/C19H21ClO4/c1-5-14-7-6-8-17(24-19(21)22-4)15(14)11-23-18-10-16(20)12(2)9-13(18)3/h6-10H,5,11H2,1-4H3. The average Bonchev–Trinajstić information content (AvgIpc) is 2.57. The van der Waals surface area contributed by atoms with Crippen molar-refractivity contribution in [1.82, 2.24) is 0 Å². The van der Waals surface area contributed by atoms with E-state index in [2.05, 4.69) is 4.74 Å². The molecule has 0 heterocycles. The van der Waals surface area contributed by atoms with Crippen LogP contribution in [0.1, 0.15) is 29.2 Å². The first-order valence-electron chi connectivity index (χ1n) is 7.72. The minimum Gasteiger partial charge on any atom is -0.488 e. The number of halogens is 1. The van der Waals surface area contributed by atoms with E-state index in [1.807, 2.05) is 45.0 Å². The molecule has 0 amide bonds. The Morgan fingerprint density at radius 2 is 1.88 bits per heavy atom. The summed E-state index contributed by atoms with van der Waals surface area (Å²) in [5, 5.41) is 0.658. The normalized spacial score (nSPS) is 10.4. The maximum atomic E-state index is 11.4. The van der Waals surface area contributed by atoms with Gasteiger partial charge in [0, 0.05) is 10.6 Å². The monoisotopic (exact) mass is 348 g/mol. The molecule has 0 saturated heterocycles.